The van der Waals surface area contributed by atoms with Crippen LogP contribution in [-0.2, 0) is 6.42 Å². The number of benzene rings is 1. The summed E-state index contributed by atoms with van der Waals surface area (Å²) < 4.78 is 14.2. The van der Waals surface area contributed by atoms with Gasteiger partial charge in [-0.05, 0) is 25.5 Å². The number of halogens is 1. The van der Waals surface area contributed by atoms with Crippen LogP contribution in [-0.4, -0.2) is 59.5 Å². The van der Waals surface area contributed by atoms with Crippen LogP contribution in [0.25, 0.3) is 0 Å². The molecule has 1 fully saturated rings. The van der Waals surface area contributed by atoms with Crippen molar-refractivity contribution in [2.75, 3.05) is 45.1 Å². The third kappa shape index (κ3) is 4.56. The fourth-order valence-corrected chi connectivity index (χ4v) is 3.48. The highest BCUT2D eigenvalue weighted by Crippen LogP contribution is 2.24. The van der Waals surface area contributed by atoms with E-state index in [0.717, 1.165) is 32.6 Å². The van der Waals surface area contributed by atoms with Gasteiger partial charge in [-0.3, -0.25) is 4.90 Å². The van der Waals surface area contributed by atoms with Crippen molar-refractivity contribution in [3.8, 4) is 0 Å². The van der Waals surface area contributed by atoms with Gasteiger partial charge in [-0.15, -0.1) is 0 Å². The number of aryl methyl sites for hydroxylation is 1. The lowest BCUT2D eigenvalue weighted by Gasteiger charge is -2.40. The Morgan fingerprint density at radius 1 is 1.19 bits per heavy atom. The van der Waals surface area contributed by atoms with Crippen LogP contribution in [0.5, 0.6) is 0 Å². The molecule has 1 N–H and O–H groups in total. The van der Waals surface area contributed by atoms with E-state index in [1.54, 1.807) is 0 Å². The maximum absolute atomic E-state index is 14.2. The van der Waals surface area contributed by atoms with Gasteiger partial charge in [-0.1, -0.05) is 37.3 Å². The Balaban J connectivity index is 1.55. The van der Waals surface area contributed by atoms with Gasteiger partial charge in [0.1, 0.15) is 6.33 Å². The number of likely N-dealkylation sites (N-methyl/N-ethyl adjacent to an activating group) is 1. The summed E-state index contributed by atoms with van der Waals surface area (Å²) in [6.07, 6.45) is 2.94. The molecule has 26 heavy (non-hydrogen) atoms. The highest BCUT2D eigenvalue weighted by atomic mass is 19.1. The molecule has 0 amide bonds. The van der Waals surface area contributed by atoms with E-state index in [1.165, 1.54) is 11.9 Å². The lowest BCUT2D eigenvalue weighted by atomic mass is 10.0. The average Bonchev–Trinajstić information content (AvgIpc) is 2.68. The number of hydrogen-bond donors (Lipinski definition) is 1. The maximum atomic E-state index is 14.2. The largest absolute Gasteiger partial charge is 0.367 e. The van der Waals surface area contributed by atoms with Crippen molar-refractivity contribution in [3.05, 3.63) is 53.7 Å². The van der Waals surface area contributed by atoms with Crippen molar-refractivity contribution in [3.63, 3.8) is 0 Å². The van der Waals surface area contributed by atoms with Gasteiger partial charge < -0.3 is 10.2 Å². The molecule has 0 aliphatic carbocycles. The Morgan fingerprint density at radius 2 is 2.00 bits per heavy atom. The van der Waals surface area contributed by atoms with Crippen LogP contribution in [0.3, 0.4) is 0 Å². The number of piperazine rings is 1. The quantitative estimate of drug-likeness (QED) is 0.772. The van der Waals surface area contributed by atoms with E-state index in [0.29, 0.717) is 30.5 Å². The molecule has 3 rings (SSSR count). The van der Waals surface area contributed by atoms with Gasteiger partial charge in [0.2, 0.25) is 0 Å². The molecule has 1 aromatic carbocycles. The lowest BCUT2D eigenvalue weighted by Crippen LogP contribution is -2.47. The Morgan fingerprint density at radius 3 is 2.77 bits per heavy atom. The Labute approximate surface area is 155 Å². The zero-order valence-corrected chi connectivity index (χ0v) is 15.7. The second-order valence-electron chi connectivity index (χ2n) is 6.84. The lowest BCUT2D eigenvalue weighted by molar-refractivity contribution is 0.0896. The molecular formula is C20H28FN5. The Kier molecular flexibility index (Phi) is 6.52. The number of nitrogens with one attached hydrogen (secondary N) is 1. The van der Waals surface area contributed by atoms with Crippen LogP contribution in [0, 0.1) is 5.82 Å². The van der Waals surface area contributed by atoms with Gasteiger partial charge in [-0.2, -0.15) is 0 Å². The highest BCUT2D eigenvalue weighted by molar-refractivity contribution is 5.37. The number of hydrogen-bond acceptors (Lipinski definition) is 5. The van der Waals surface area contributed by atoms with E-state index < -0.39 is 0 Å². The van der Waals surface area contributed by atoms with Crippen molar-refractivity contribution in [2.24, 2.45) is 0 Å². The first-order chi connectivity index (χ1) is 12.7. The van der Waals surface area contributed by atoms with Gasteiger partial charge in [0.25, 0.3) is 0 Å². The van der Waals surface area contributed by atoms with Gasteiger partial charge in [0.15, 0.2) is 11.6 Å². The number of anilines is 1. The number of aromatic nitrogens is 2. The highest BCUT2D eigenvalue weighted by Gasteiger charge is 2.25. The molecule has 1 atom stereocenters. The molecule has 0 saturated carbocycles. The van der Waals surface area contributed by atoms with Crippen LogP contribution >= 0.6 is 0 Å². The molecule has 2 heterocycles. The summed E-state index contributed by atoms with van der Waals surface area (Å²) in [5.41, 5.74) is 1.83. The fourth-order valence-electron chi connectivity index (χ4n) is 3.48. The second-order valence-corrected chi connectivity index (χ2v) is 6.84. The van der Waals surface area contributed by atoms with Gasteiger partial charge in [-0.25, -0.2) is 14.4 Å². The standard InChI is InChI=1S/C20H28FN5/c1-3-17-19(21)20(24-15-23-17)22-10-7-11-26-13-12-25(2)14-18(26)16-8-5-4-6-9-16/h4-6,8-9,15,18H,3,7,10-14H2,1-2H3,(H,22,23,24). The minimum atomic E-state index is -0.322. The fraction of sp³-hybridized carbons (Fsp3) is 0.500. The predicted octanol–water partition coefficient (Wildman–Crippen LogP) is 2.97. The molecule has 1 aromatic heterocycles. The summed E-state index contributed by atoms with van der Waals surface area (Å²) in [6, 6.07) is 11.1. The molecule has 0 radical (unpaired) electrons. The summed E-state index contributed by atoms with van der Waals surface area (Å²) in [6.45, 7) is 6.75. The molecule has 5 nitrogen and oxygen atoms in total. The summed E-state index contributed by atoms with van der Waals surface area (Å²) in [4.78, 5) is 12.9. The SMILES string of the molecule is CCc1ncnc(NCCCN2CCN(C)CC2c2ccccc2)c1F. The number of nitrogens with zero attached hydrogens (tertiary/aromatic N) is 4. The minimum absolute atomic E-state index is 0.315. The van der Waals surface area contributed by atoms with Crippen molar-refractivity contribution in [1.29, 1.82) is 0 Å². The predicted molar refractivity (Wildman–Crippen MR) is 103 cm³/mol. The van der Waals surface area contributed by atoms with E-state index in [2.05, 4.69) is 62.5 Å². The molecule has 1 aliphatic heterocycles. The average molecular weight is 357 g/mol. The zero-order chi connectivity index (χ0) is 18.4. The molecule has 140 valence electrons. The molecule has 1 aliphatic rings. The first-order valence-electron chi connectivity index (χ1n) is 9.39. The van der Waals surface area contributed by atoms with Gasteiger partial charge >= 0.3 is 0 Å². The van der Waals surface area contributed by atoms with Crippen LogP contribution in [0.15, 0.2) is 36.7 Å². The second kappa shape index (κ2) is 9.05. The molecule has 0 bridgehead atoms. The van der Waals surface area contributed by atoms with E-state index in [1.807, 2.05) is 6.92 Å². The van der Waals surface area contributed by atoms with Crippen LogP contribution in [0.1, 0.15) is 30.6 Å². The van der Waals surface area contributed by atoms with Crippen LogP contribution in [0.4, 0.5) is 10.2 Å². The Bertz CT molecular complexity index is 694. The first kappa shape index (κ1) is 18.7. The summed E-state index contributed by atoms with van der Waals surface area (Å²) in [5, 5.41) is 3.13. The van der Waals surface area contributed by atoms with Crippen molar-refractivity contribution < 1.29 is 4.39 Å². The van der Waals surface area contributed by atoms with Crippen molar-refractivity contribution in [1.82, 2.24) is 19.8 Å². The van der Waals surface area contributed by atoms with E-state index in [9.17, 15) is 4.39 Å². The van der Waals surface area contributed by atoms with E-state index >= 15 is 0 Å². The number of rotatable bonds is 7. The first-order valence-corrected chi connectivity index (χ1v) is 9.39. The minimum Gasteiger partial charge on any atom is -0.367 e. The summed E-state index contributed by atoms with van der Waals surface area (Å²) in [7, 11) is 2.18. The molecule has 2 aromatic rings. The molecular weight excluding hydrogens is 329 g/mol. The summed E-state index contributed by atoms with van der Waals surface area (Å²) >= 11 is 0. The third-order valence-corrected chi connectivity index (χ3v) is 4.99. The monoisotopic (exact) mass is 357 g/mol. The van der Waals surface area contributed by atoms with E-state index in [-0.39, 0.29) is 5.82 Å². The van der Waals surface area contributed by atoms with Crippen molar-refractivity contribution in [2.45, 2.75) is 25.8 Å². The zero-order valence-electron chi connectivity index (χ0n) is 15.7. The normalized spacial score (nSPS) is 18.8. The molecule has 1 unspecified atom stereocenters. The maximum Gasteiger partial charge on any atom is 0.186 e. The third-order valence-electron chi connectivity index (χ3n) is 4.99. The van der Waals surface area contributed by atoms with E-state index in [4.69, 9.17) is 0 Å². The van der Waals surface area contributed by atoms with Crippen LogP contribution in [0.2, 0.25) is 0 Å². The topological polar surface area (TPSA) is 44.3 Å². The van der Waals surface area contributed by atoms with Crippen molar-refractivity contribution >= 4 is 5.82 Å². The van der Waals surface area contributed by atoms with Crippen LogP contribution < -0.4 is 5.32 Å². The summed E-state index contributed by atoms with van der Waals surface area (Å²) in [5.74, 6) is -0.00778. The molecule has 0 spiro atoms. The Hall–Kier alpha value is -2.05. The molecule has 6 heteroatoms. The molecule has 1 saturated heterocycles. The smallest absolute Gasteiger partial charge is 0.186 e. The van der Waals surface area contributed by atoms with Gasteiger partial charge in [0.05, 0.1) is 5.69 Å². The van der Waals surface area contributed by atoms with Gasteiger partial charge in [0, 0.05) is 38.8 Å².